The maximum Gasteiger partial charge on any atom is 0.258 e. The lowest BCUT2D eigenvalue weighted by molar-refractivity contribution is -0.123. The van der Waals surface area contributed by atoms with Crippen molar-refractivity contribution in [1.29, 1.82) is 0 Å². The first-order valence-corrected chi connectivity index (χ1v) is 8.61. The van der Waals surface area contributed by atoms with Crippen LogP contribution >= 0.6 is 0 Å². The first kappa shape index (κ1) is 17.0. The summed E-state index contributed by atoms with van der Waals surface area (Å²) in [6.07, 6.45) is 1.01. The number of carbonyl (C=O) groups excluding carboxylic acids is 1. The van der Waals surface area contributed by atoms with Crippen LogP contribution in [0.15, 0.2) is 54.6 Å². The maximum absolute atomic E-state index is 12.2. The van der Waals surface area contributed by atoms with Gasteiger partial charge in [0.1, 0.15) is 11.6 Å². The third-order valence-corrected chi connectivity index (χ3v) is 4.01. The number of aryl methyl sites for hydroxylation is 1. The Morgan fingerprint density at radius 2 is 1.88 bits per heavy atom. The molecule has 1 atom stereocenters. The molecule has 0 aliphatic carbocycles. The zero-order valence-electron chi connectivity index (χ0n) is 14.6. The molecule has 0 bridgehead atoms. The van der Waals surface area contributed by atoms with E-state index in [4.69, 9.17) is 9.72 Å². The second-order valence-corrected chi connectivity index (χ2v) is 6.00. The molecule has 3 aromatic rings. The van der Waals surface area contributed by atoms with Crippen molar-refractivity contribution in [2.24, 2.45) is 0 Å². The topological polar surface area (TPSA) is 56.2 Å². The number of para-hydroxylation sites is 3. The van der Waals surface area contributed by atoms with E-state index in [0.29, 0.717) is 5.75 Å². The van der Waals surface area contributed by atoms with Gasteiger partial charge in [0.15, 0.2) is 6.61 Å². The second-order valence-electron chi connectivity index (χ2n) is 6.00. The van der Waals surface area contributed by atoms with Crippen molar-refractivity contribution in [2.45, 2.75) is 32.9 Å². The van der Waals surface area contributed by atoms with Gasteiger partial charge < -0.3 is 14.6 Å². The number of rotatable bonds is 7. The lowest BCUT2D eigenvalue weighted by atomic mass is 10.3. The zero-order chi connectivity index (χ0) is 17.6. The maximum atomic E-state index is 12.2. The Morgan fingerprint density at radius 1 is 1.16 bits per heavy atom. The number of carbonyl (C=O) groups is 1. The minimum absolute atomic E-state index is 0.0115. The fourth-order valence-corrected chi connectivity index (χ4v) is 2.90. The van der Waals surface area contributed by atoms with Crippen molar-refractivity contribution in [1.82, 2.24) is 14.9 Å². The van der Waals surface area contributed by atoms with E-state index >= 15 is 0 Å². The van der Waals surface area contributed by atoms with Gasteiger partial charge in [-0.2, -0.15) is 0 Å². The summed E-state index contributed by atoms with van der Waals surface area (Å²) in [4.78, 5) is 16.9. The number of nitrogens with one attached hydrogen (secondary N) is 1. The van der Waals surface area contributed by atoms with E-state index in [9.17, 15) is 4.79 Å². The van der Waals surface area contributed by atoms with E-state index in [0.717, 1.165) is 29.8 Å². The number of amides is 1. The van der Waals surface area contributed by atoms with Crippen LogP contribution in [0, 0.1) is 0 Å². The van der Waals surface area contributed by atoms with Crippen LogP contribution in [0.1, 0.15) is 32.1 Å². The SMILES string of the molecule is CCCn1c(C(C)NC(=O)COc2ccccc2)nc2ccccc21. The number of imidazole rings is 1. The predicted molar refractivity (Wildman–Crippen MR) is 98.5 cm³/mol. The quantitative estimate of drug-likeness (QED) is 0.715. The van der Waals surface area contributed by atoms with Crippen LogP contribution in [0.4, 0.5) is 0 Å². The van der Waals surface area contributed by atoms with E-state index in [-0.39, 0.29) is 18.6 Å². The number of hydrogen-bond acceptors (Lipinski definition) is 3. The molecule has 1 aromatic heterocycles. The van der Waals surface area contributed by atoms with Crippen molar-refractivity contribution >= 4 is 16.9 Å². The van der Waals surface area contributed by atoms with Gasteiger partial charge in [-0.25, -0.2) is 4.98 Å². The summed E-state index contributed by atoms with van der Waals surface area (Å²) in [5.74, 6) is 1.39. The first-order valence-electron chi connectivity index (χ1n) is 8.61. The Labute approximate surface area is 147 Å². The highest BCUT2D eigenvalue weighted by Gasteiger charge is 2.18. The van der Waals surface area contributed by atoms with Crippen molar-refractivity contribution in [3.05, 3.63) is 60.4 Å². The van der Waals surface area contributed by atoms with Crippen LogP contribution in [0.5, 0.6) is 5.75 Å². The normalized spacial score (nSPS) is 12.1. The van der Waals surface area contributed by atoms with Gasteiger partial charge in [-0.05, 0) is 37.6 Å². The predicted octanol–water partition coefficient (Wildman–Crippen LogP) is 3.70. The van der Waals surface area contributed by atoms with Crippen LogP contribution in [0.2, 0.25) is 0 Å². The fraction of sp³-hybridized carbons (Fsp3) is 0.300. The van der Waals surface area contributed by atoms with Crippen molar-refractivity contribution in [3.63, 3.8) is 0 Å². The van der Waals surface area contributed by atoms with E-state index in [1.54, 1.807) is 0 Å². The molecular formula is C20H23N3O2. The molecule has 2 aromatic carbocycles. The number of fused-ring (bicyclic) bond motifs is 1. The minimum atomic E-state index is -0.189. The second kappa shape index (κ2) is 7.83. The Balaban J connectivity index is 1.70. The van der Waals surface area contributed by atoms with Gasteiger partial charge in [-0.3, -0.25) is 4.79 Å². The molecule has 3 rings (SSSR count). The molecule has 25 heavy (non-hydrogen) atoms. The van der Waals surface area contributed by atoms with Gasteiger partial charge in [0, 0.05) is 6.54 Å². The van der Waals surface area contributed by atoms with Gasteiger partial charge >= 0.3 is 0 Å². The molecule has 1 unspecified atom stereocenters. The zero-order valence-corrected chi connectivity index (χ0v) is 14.6. The molecule has 5 heteroatoms. The van der Waals surface area contributed by atoms with Crippen molar-refractivity contribution in [3.8, 4) is 5.75 Å². The first-order chi connectivity index (χ1) is 12.2. The Bertz CT molecular complexity index is 843. The van der Waals surface area contributed by atoms with Crippen LogP contribution in [-0.2, 0) is 11.3 Å². The molecule has 0 saturated heterocycles. The molecule has 0 spiro atoms. The van der Waals surface area contributed by atoms with E-state index in [1.165, 1.54) is 0 Å². The van der Waals surface area contributed by atoms with Crippen molar-refractivity contribution < 1.29 is 9.53 Å². The highest BCUT2D eigenvalue weighted by molar-refractivity contribution is 5.79. The van der Waals surface area contributed by atoms with Gasteiger partial charge in [-0.1, -0.05) is 37.3 Å². The molecule has 0 aliphatic rings. The van der Waals surface area contributed by atoms with E-state index < -0.39 is 0 Å². The molecule has 1 N–H and O–H groups in total. The molecule has 1 heterocycles. The summed E-state index contributed by atoms with van der Waals surface area (Å²) in [7, 11) is 0. The average Bonchev–Trinajstić information content (AvgIpc) is 3.00. The summed E-state index contributed by atoms with van der Waals surface area (Å²) in [6, 6.07) is 17.2. The van der Waals surface area contributed by atoms with Gasteiger partial charge in [-0.15, -0.1) is 0 Å². The molecule has 5 nitrogen and oxygen atoms in total. The summed E-state index contributed by atoms with van der Waals surface area (Å²) in [6.45, 7) is 4.95. The lowest BCUT2D eigenvalue weighted by Crippen LogP contribution is -2.32. The number of benzene rings is 2. The van der Waals surface area contributed by atoms with Crippen LogP contribution in [0.3, 0.4) is 0 Å². The molecule has 1 amide bonds. The molecule has 130 valence electrons. The van der Waals surface area contributed by atoms with E-state index in [2.05, 4.69) is 22.9 Å². The highest BCUT2D eigenvalue weighted by atomic mass is 16.5. The largest absolute Gasteiger partial charge is 0.484 e. The third kappa shape index (κ3) is 3.99. The third-order valence-electron chi connectivity index (χ3n) is 4.01. The minimum Gasteiger partial charge on any atom is -0.484 e. The lowest BCUT2D eigenvalue weighted by Gasteiger charge is -2.16. The van der Waals surface area contributed by atoms with Gasteiger partial charge in [0.2, 0.25) is 0 Å². The molecule has 0 aliphatic heterocycles. The van der Waals surface area contributed by atoms with Crippen LogP contribution in [-0.4, -0.2) is 22.1 Å². The van der Waals surface area contributed by atoms with E-state index in [1.807, 2.05) is 55.5 Å². The number of nitrogens with zero attached hydrogens (tertiary/aromatic N) is 2. The smallest absolute Gasteiger partial charge is 0.258 e. The number of hydrogen-bond donors (Lipinski definition) is 1. The van der Waals surface area contributed by atoms with Crippen molar-refractivity contribution in [2.75, 3.05) is 6.61 Å². The molecule has 0 radical (unpaired) electrons. The number of ether oxygens (including phenoxy) is 1. The van der Waals surface area contributed by atoms with Crippen LogP contribution in [0.25, 0.3) is 11.0 Å². The molecule has 0 saturated carbocycles. The summed E-state index contributed by atoms with van der Waals surface area (Å²) in [5.41, 5.74) is 2.05. The Hall–Kier alpha value is -2.82. The highest BCUT2D eigenvalue weighted by Crippen LogP contribution is 2.21. The molecule has 0 fully saturated rings. The summed E-state index contributed by atoms with van der Waals surface area (Å²) in [5, 5.41) is 2.98. The average molecular weight is 337 g/mol. The monoisotopic (exact) mass is 337 g/mol. The van der Waals surface area contributed by atoms with Crippen LogP contribution < -0.4 is 10.1 Å². The Morgan fingerprint density at radius 3 is 2.64 bits per heavy atom. The summed E-state index contributed by atoms with van der Waals surface area (Å²) < 4.78 is 7.68. The van der Waals surface area contributed by atoms with Gasteiger partial charge in [0.05, 0.1) is 17.1 Å². The standard InChI is InChI=1S/C20H23N3O2/c1-3-13-23-18-12-8-7-11-17(18)22-20(23)15(2)21-19(24)14-25-16-9-5-4-6-10-16/h4-12,15H,3,13-14H2,1-2H3,(H,21,24). The van der Waals surface area contributed by atoms with Gasteiger partial charge in [0.25, 0.3) is 5.91 Å². The Kier molecular flexibility index (Phi) is 5.33. The fourth-order valence-electron chi connectivity index (χ4n) is 2.90. The number of aromatic nitrogens is 2. The molecular weight excluding hydrogens is 314 g/mol. The summed E-state index contributed by atoms with van der Waals surface area (Å²) >= 11 is 0.